The normalized spacial score (nSPS) is 9.85. The Morgan fingerprint density at radius 2 is 1.70 bits per heavy atom. The maximum absolute atomic E-state index is 13.3. The average molecular weight is 275 g/mol. The number of nitro benzene ring substituents is 1. The lowest BCUT2D eigenvalue weighted by Gasteiger charge is -2.08. The molecule has 20 heavy (non-hydrogen) atoms. The van der Waals surface area contributed by atoms with E-state index in [0.717, 1.165) is 0 Å². The largest absolute Gasteiger partial charge is 0.323 e. The fraction of sp³-hybridized carbons (Fsp3) is 0. The molecule has 2 rings (SSSR count). The lowest BCUT2D eigenvalue weighted by atomic mass is 10.3. The van der Waals surface area contributed by atoms with Gasteiger partial charge in [0.05, 0.1) is 10.6 Å². The molecular weight excluding hydrogens is 265 g/mol. The first-order valence-electron chi connectivity index (χ1n) is 5.63. The van der Waals surface area contributed by atoms with E-state index in [0.29, 0.717) is 5.69 Å². The number of anilines is 2. The predicted molar refractivity (Wildman–Crippen MR) is 72.1 cm³/mol. The predicted octanol–water partition coefficient (Wildman–Crippen LogP) is 3.38. The summed E-state index contributed by atoms with van der Waals surface area (Å²) >= 11 is 0. The highest BCUT2D eigenvalue weighted by Gasteiger charge is 2.08. The van der Waals surface area contributed by atoms with Crippen molar-refractivity contribution in [2.75, 3.05) is 10.6 Å². The summed E-state index contributed by atoms with van der Waals surface area (Å²) in [6.45, 7) is 0. The van der Waals surface area contributed by atoms with Crippen LogP contribution < -0.4 is 10.6 Å². The Bertz CT molecular complexity index is 644. The lowest BCUT2D eigenvalue weighted by molar-refractivity contribution is -0.384. The number of hydrogen-bond donors (Lipinski definition) is 2. The van der Waals surface area contributed by atoms with Crippen LogP contribution in [-0.4, -0.2) is 11.0 Å². The number of carbonyl (C=O) groups excluding carboxylic acids is 1. The number of non-ortho nitro benzene ring substituents is 1. The molecule has 2 aromatic carbocycles. The van der Waals surface area contributed by atoms with Gasteiger partial charge in [-0.3, -0.25) is 10.1 Å². The monoisotopic (exact) mass is 275 g/mol. The minimum Gasteiger partial charge on any atom is -0.308 e. The maximum Gasteiger partial charge on any atom is 0.323 e. The number of urea groups is 1. The molecule has 0 bridgehead atoms. The number of carbonyl (C=O) groups is 1. The van der Waals surface area contributed by atoms with E-state index in [1.54, 1.807) is 6.07 Å². The summed E-state index contributed by atoms with van der Waals surface area (Å²) in [6, 6.07) is 10.4. The average Bonchev–Trinajstić information content (AvgIpc) is 2.42. The standard InChI is InChI=1S/C13H10FN3O3/c14-11-3-1-2-4-12(11)16-13(18)15-9-5-7-10(8-6-9)17(19)20/h1-8H,(H2,15,16,18). The zero-order valence-corrected chi connectivity index (χ0v) is 10.2. The van der Waals surface area contributed by atoms with Gasteiger partial charge in [0.15, 0.2) is 0 Å². The Kier molecular flexibility index (Phi) is 3.90. The molecule has 102 valence electrons. The van der Waals surface area contributed by atoms with Crippen molar-refractivity contribution in [1.29, 1.82) is 0 Å². The highest BCUT2D eigenvalue weighted by molar-refractivity contribution is 5.99. The minimum absolute atomic E-state index is 0.0481. The van der Waals surface area contributed by atoms with Crippen LogP contribution in [0.4, 0.5) is 26.2 Å². The summed E-state index contributed by atoms with van der Waals surface area (Å²) in [5, 5.41) is 15.3. The van der Waals surface area contributed by atoms with E-state index in [1.807, 2.05) is 0 Å². The van der Waals surface area contributed by atoms with Crippen molar-refractivity contribution >= 4 is 23.1 Å². The highest BCUT2D eigenvalue weighted by Crippen LogP contribution is 2.16. The molecular formula is C13H10FN3O3. The molecule has 0 aliphatic carbocycles. The van der Waals surface area contributed by atoms with Crippen molar-refractivity contribution in [2.24, 2.45) is 0 Å². The van der Waals surface area contributed by atoms with E-state index in [4.69, 9.17) is 0 Å². The highest BCUT2D eigenvalue weighted by atomic mass is 19.1. The van der Waals surface area contributed by atoms with Gasteiger partial charge in [-0.2, -0.15) is 0 Å². The van der Waals surface area contributed by atoms with Gasteiger partial charge in [-0.25, -0.2) is 9.18 Å². The lowest BCUT2D eigenvalue weighted by Crippen LogP contribution is -2.20. The van der Waals surface area contributed by atoms with E-state index in [1.165, 1.54) is 42.5 Å². The molecule has 6 nitrogen and oxygen atoms in total. The van der Waals surface area contributed by atoms with Gasteiger partial charge >= 0.3 is 6.03 Å². The van der Waals surface area contributed by atoms with Crippen LogP contribution in [0.2, 0.25) is 0 Å². The van der Waals surface area contributed by atoms with Gasteiger partial charge in [0.2, 0.25) is 0 Å². The molecule has 0 saturated heterocycles. The SMILES string of the molecule is O=C(Nc1ccc([N+](=O)[O-])cc1)Nc1ccccc1F. The van der Waals surface area contributed by atoms with Gasteiger partial charge in [-0.1, -0.05) is 12.1 Å². The number of benzene rings is 2. The molecule has 0 unspecified atom stereocenters. The topological polar surface area (TPSA) is 84.3 Å². The van der Waals surface area contributed by atoms with Gasteiger partial charge in [-0.05, 0) is 24.3 Å². The molecule has 0 radical (unpaired) electrons. The third-order valence-electron chi connectivity index (χ3n) is 2.46. The first-order chi connectivity index (χ1) is 9.56. The summed E-state index contributed by atoms with van der Waals surface area (Å²) in [6.07, 6.45) is 0. The van der Waals surface area contributed by atoms with Crippen LogP contribution in [0, 0.1) is 15.9 Å². The Morgan fingerprint density at radius 3 is 2.30 bits per heavy atom. The molecule has 7 heteroatoms. The molecule has 0 atom stereocenters. The number of nitrogens with one attached hydrogen (secondary N) is 2. The fourth-order valence-electron chi connectivity index (χ4n) is 1.51. The van der Waals surface area contributed by atoms with Gasteiger partial charge in [-0.15, -0.1) is 0 Å². The second-order valence-electron chi connectivity index (χ2n) is 3.86. The summed E-state index contributed by atoms with van der Waals surface area (Å²) in [5.41, 5.74) is 0.335. The third-order valence-corrected chi connectivity index (χ3v) is 2.46. The third kappa shape index (κ3) is 3.29. The Hall–Kier alpha value is -2.96. The first-order valence-corrected chi connectivity index (χ1v) is 5.63. The van der Waals surface area contributed by atoms with Crippen molar-refractivity contribution in [2.45, 2.75) is 0 Å². The van der Waals surface area contributed by atoms with E-state index in [2.05, 4.69) is 10.6 Å². The molecule has 2 aromatic rings. The summed E-state index contributed by atoms with van der Waals surface area (Å²) in [4.78, 5) is 21.6. The molecule has 0 aliphatic heterocycles. The number of rotatable bonds is 3. The summed E-state index contributed by atoms with van der Waals surface area (Å²) in [5.74, 6) is -0.550. The Labute approximate surface area is 113 Å². The van der Waals surface area contributed by atoms with Crippen LogP contribution in [0.3, 0.4) is 0 Å². The van der Waals surface area contributed by atoms with Crippen molar-refractivity contribution < 1.29 is 14.1 Å². The number of para-hydroxylation sites is 1. The number of halogens is 1. The van der Waals surface area contributed by atoms with Crippen LogP contribution in [0.25, 0.3) is 0 Å². The van der Waals surface area contributed by atoms with E-state index >= 15 is 0 Å². The molecule has 2 amide bonds. The summed E-state index contributed by atoms with van der Waals surface area (Å²) in [7, 11) is 0. The van der Waals surface area contributed by atoms with Crippen molar-refractivity contribution in [3.05, 3.63) is 64.5 Å². The quantitative estimate of drug-likeness (QED) is 0.665. The molecule has 0 aliphatic rings. The smallest absolute Gasteiger partial charge is 0.308 e. The Morgan fingerprint density at radius 1 is 1.05 bits per heavy atom. The molecule has 0 heterocycles. The van der Waals surface area contributed by atoms with E-state index < -0.39 is 16.8 Å². The molecule has 0 saturated carbocycles. The van der Waals surface area contributed by atoms with E-state index in [9.17, 15) is 19.3 Å². The zero-order valence-electron chi connectivity index (χ0n) is 10.2. The summed E-state index contributed by atoms with van der Waals surface area (Å²) < 4.78 is 13.3. The van der Waals surface area contributed by atoms with Crippen molar-refractivity contribution in [1.82, 2.24) is 0 Å². The van der Waals surface area contributed by atoms with Gasteiger partial charge in [0.25, 0.3) is 5.69 Å². The van der Waals surface area contributed by atoms with Crippen LogP contribution in [0.5, 0.6) is 0 Å². The number of amides is 2. The number of nitrogens with zero attached hydrogens (tertiary/aromatic N) is 1. The minimum atomic E-state index is -0.635. The number of hydrogen-bond acceptors (Lipinski definition) is 3. The van der Waals surface area contributed by atoms with E-state index in [-0.39, 0.29) is 11.4 Å². The molecule has 0 aromatic heterocycles. The molecule has 0 spiro atoms. The van der Waals surface area contributed by atoms with Gasteiger partial charge < -0.3 is 10.6 Å². The molecule has 2 N–H and O–H groups in total. The zero-order chi connectivity index (χ0) is 14.5. The van der Waals surface area contributed by atoms with Crippen LogP contribution >= 0.6 is 0 Å². The fourth-order valence-corrected chi connectivity index (χ4v) is 1.51. The van der Waals surface area contributed by atoms with Crippen LogP contribution in [0.15, 0.2) is 48.5 Å². The maximum atomic E-state index is 13.3. The van der Waals surface area contributed by atoms with Crippen LogP contribution in [-0.2, 0) is 0 Å². The van der Waals surface area contributed by atoms with Crippen molar-refractivity contribution in [3.8, 4) is 0 Å². The molecule has 0 fully saturated rings. The van der Waals surface area contributed by atoms with Gasteiger partial charge in [0, 0.05) is 17.8 Å². The van der Waals surface area contributed by atoms with Crippen molar-refractivity contribution in [3.63, 3.8) is 0 Å². The number of nitro groups is 1. The first kappa shape index (κ1) is 13.5. The second kappa shape index (κ2) is 5.79. The Balaban J connectivity index is 2.01. The van der Waals surface area contributed by atoms with Gasteiger partial charge in [0.1, 0.15) is 5.82 Å². The second-order valence-corrected chi connectivity index (χ2v) is 3.86. The van der Waals surface area contributed by atoms with Crippen LogP contribution in [0.1, 0.15) is 0 Å².